The molecule has 1 saturated heterocycles. The van der Waals surface area contributed by atoms with Crippen LogP contribution < -0.4 is 14.8 Å². The number of benzene rings is 1. The lowest BCUT2D eigenvalue weighted by Gasteiger charge is -2.24. The minimum atomic E-state index is 0.0152. The van der Waals surface area contributed by atoms with Crippen molar-refractivity contribution >= 4 is 11.6 Å². The van der Waals surface area contributed by atoms with Gasteiger partial charge in [0.2, 0.25) is 6.79 Å². The van der Waals surface area contributed by atoms with E-state index in [4.69, 9.17) is 25.8 Å². The van der Waals surface area contributed by atoms with Crippen molar-refractivity contribution in [1.82, 2.24) is 5.32 Å². The normalized spacial score (nSPS) is 23.4. The molecule has 1 atom stereocenters. The van der Waals surface area contributed by atoms with Crippen molar-refractivity contribution in [1.29, 1.82) is 0 Å². The van der Waals surface area contributed by atoms with Crippen LogP contribution in [0.25, 0.3) is 0 Å². The SMILES string of the molecule is Clc1ccc(C2CNCCO2)c2c1OCO2. The maximum Gasteiger partial charge on any atom is 0.231 e. The van der Waals surface area contributed by atoms with Crippen molar-refractivity contribution in [2.24, 2.45) is 0 Å². The van der Waals surface area contributed by atoms with Crippen LogP contribution in [-0.2, 0) is 4.74 Å². The monoisotopic (exact) mass is 241 g/mol. The van der Waals surface area contributed by atoms with Gasteiger partial charge in [-0.1, -0.05) is 17.7 Å². The molecule has 2 aliphatic heterocycles. The van der Waals surface area contributed by atoms with Gasteiger partial charge in [-0.15, -0.1) is 0 Å². The minimum Gasteiger partial charge on any atom is -0.453 e. The van der Waals surface area contributed by atoms with Gasteiger partial charge in [-0.3, -0.25) is 0 Å². The number of halogens is 1. The third kappa shape index (κ3) is 1.63. The summed E-state index contributed by atoms with van der Waals surface area (Å²) >= 11 is 6.02. The molecule has 2 aliphatic rings. The number of rotatable bonds is 1. The van der Waals surface area contributed by atoms with Crippen LogP contribution in [0.1, 0.15) is 11.7 Å². The maximum absolute atomic E-state index is 6.02. The van der Waals surface area contributed by atoms with Gasteiger partial charge in [0.1, 0.15) is 0 Å². The number of nitrogens with one attached hydrogen (secondary N) is 1. The van der Waals surface area contributed by atoms with E-state index in [0.717, 1.165) is 24.4 Å². The van der Waals surface area contributed by atoms with E-state index in [0.29, 0.717) is 17.4 Å². The van der Waals surface area contributed by atoms with Crippen molar-refractivity contribution in [3.63, 3.8) is 0 Å². The van der Waals surface area contributed by atoms with Gasteiger partial charge in [-0.05, 0) is 6.07 Å². The molecule has 1 aromatic carbocycles. The average molecular weight is 242 g/mol. The lowest BCUT2D eigenvalue weighted by atomic mass is 10.1. The molecule has 0 amide bonds. The number of hydrogen-bond acceptors (Lipinski definition) is 4. The Balaban J connectivity index is 1.98. The molecule has 86 valence electrons. The molecular weight excluding hydrogens is 230 g/mol. The highest BCUT2D eigenvalue weighted by Crippen LogP contribution is 2.44. The Kier molecular flexibility index (Phi) is 2.63. The van der Waals surface area contributed by atoms with Crippen LogP contribution in [-0.4, -0.2) is 26.5 Å². The van der Waals surface area contributed by atoms with Crippen molar-refractivity contribution in [2.45, 2.75) is 6.10 Å². The zero-order valence-electron chi connectivity index (χ0n) is 8.66. The fraction of sp³-hybridized carbons (Fsp3) is 0.455. The summed E-state index contributed by atoms with van der Waals surface area (Å²) in [6.45, 7) is 2.62. The first-order chi connectivity index (χ1) is 7.86. The molecule has 0 radical (unpaired) electrons. The van der Waals surface area contributed by atoms with Crippen LogP contribution in [0, 0.1) is 0 Å². The molecule has 3 rings (SSSR count). The van der Waals surface area contributed by atoms with Crippen LogP contribution in [0.4, 0.5) is 0 Å². The molecule has 1 aromatic rings. The zero-order chi connectivity index (χ0) is 11.0. The first-order valence-electron chi connectivity index (χ1n) is 5.26. The van der Waals surface area contributed by atoms with Gasteiger partial charge < -0.3 is 19.5 Å². The van der Waals surface area contributed by atoms with Crippen LogP contribution >= 0.6 is 11.6 Å². The van der Waals surface area contributed by atoms with E-state index in [2.05, 4.69) is 5.32 Å². The van der Waals surface area contributed by atoms with Crippen LogP contribution in [0.15, 0.2) is 12.1 Å². The van der Waals surface area contributed by atoms with Crippen LogP contribution in [0.2, 0.25) is 5.02 Å². The lowest BCUT2D eigenvalue weighted by molar-refractivity contribution is 0.0259. The Bertz CT molecular complexity index is 404. The Hall–Kier alpha value is -0.970. The second-order valence-corrected chi connectivity index (χ2v) is 4.17. The number of morpholine rings is 1. The Morgan fingerprint density at radius 2 is 2.12 bits per heavy atom. The Morgan fingerprint density at radius 3 is 2.94 bits per heavy atom. The molecule has 5 heteroatoms. The van der Waals surface area contributed by atoms with Gasteiger partial charge in [0.15, 0.2) is 11.5 Å². The quantitative estimate of drug-likeness (QED) is 0.813. The molecule has 1 N–H and O–H groups in total. The summed E-state index contributed by atoms with van der Waals surface area (Å²) in [4.78, 5) is 0. The van der Waals surface area contributed by atoms with Gasteiger partial charge >= 0.3 is 0 Å². The highest BCUT2D eigenvalue weighted by molar-refractivity contribution is 6.32. The third-order valence-electron chi connectivity index (χ3n) is 2.78. The second kappa shape index (κ2) is 4.13. The molecule has 4 nitrogen and oxygen atoms in total. The standard InChI is InChI=1S/C11H12ClNO3/c12-8-2-1-7(9-5-13-3-4-14-9)10-11(8)16-6-15-10/h1-2,9,13H,3-6H2. The highest BCUT2D eigenvalue weighted by Gasteiger charge is 2.27. The average Bonchev–Trinajstić information content (AvgIpc) is 2.81. The van der Waals surface area contributed by atoms with Crippen molar-refractivity contribution in [3.05, 3.63) is 22.7 Å². The summed E-state index contributed by atoms with van der Waals surface area (Å²) in [7, 11) is 0. The van der Waals surface area contributed by atoms with Crippen molar-refractivity contribution in [2.75, 3.05) is 26.5 Å². The molecule has 0 spiro atoms. The fourth-order valence-corrected chi connectivity index (χ4v) is 2.21. The topological polar surface area (TPSA) is 39.7 Å². The number of fused-ring (bicyclic) bond motifs is 1. The molecule has 16 heavy (non-hydrogen) atoms. The van der Waals surface area contributed by atoms with Gasteiger partial charge in [0.05, 0.1) is 17.7 Å². The smallest absolute Gasteiger partial charge is 0.231 e. The third-order valence-corrected chi connectivity index (χ3v) is 3.07. The van der Waals surface area contributed by atoms with Gasteiger partial charge in [0, 0.05) is 18.7 Å². The molecule has 2 heterocycles. The number of ether oxygens (including phenoxy) is 3. The Labute approximate surface area is 98.4 Å². The molecule has 0 saturated carbocycles. The molecule has 0 bridgehead atoms. The van der Waals surface area contributed by atoms with Gasteiger partial charge in [0.25, 0.3) is 0 Å². The second-order valence-electron chi connectivity index (χ2n) is 3.76. The van der Waals surface area contributed by atoms with E-state index in [1.54, 1.807) is 0 Å². The largest absolute Gasteiger partial charge is 0.453 e. The summed E-state index contributed by atoms with van der Waals surface area (Å²) in [5.41, 5.74) is 1.00. The summed E-state index contributed by atoms with van der Waals surface area (Å²) < 4.78 is 16.5. The maximum atomic E-state index is 6.02. The van der Waals surface area contributed by atoms with Crippen LogP contribution in [0.3, 0.4) is 0 Å². The Morgan fingerprint density at radius 1 is 1.25 bits per heavy atom. The van der Waals surface area contributed by atoms with E-state index >= 15 is 0 Å². The van der Waals surface area contributed by atoms with Crippen LogP contribution in [0.5, 0.6) is 11.5 Å². The minimum absolute atomic E-state index is 0.0152. The van der Waals surface area contributed by atoms with E-state index in [1.807, 2.05) is 12.1 Å². The highest BCUT2D eigenvalue weighted by atomic mass is 35.5. The fourth-order valence-electron chi connectivity index (χ4n) is 2.00. The summed E-state index contributed by atoms with van der Waals surface area (Å²) in [6.07, 6.45) is 0.0152. The van der Waals surface area contributed by atoms with Gasteiger partial charge in [-0.2, -0.15) is 0 Å². The molecular formula is C11H12ClNO3. The summed E-state index contributed by atoms with van der Waals surface area (Å²) in [5, 5.41) is 3.87. The molecule has 0 aliphatic carbocycles. The number of hydrogen-bond donors (Lipinski definition) is 1. The summed E-state index contributed by atoms with van der Waals surface area (Å²) in [5.74, 6) is 1.36. The first-order valence-corrected chi connectivity index (χ1v) is 5.64. The molecule has 1 unspecified atom stereocenters. The van der Waals surface area contributed by atoms with E-state index < -0.39 is 0 Å². The summed E-state index contributed by atoms with van der Waals surface area (Å²) in [6, 6.07) is 3.76. The van der Waals surface area contributed by atoms with Gasteiger partial charge in [-0.25, -0.2) is 0 Å². The van der Waals surface area contributed by atoms with E-state index in [9.17, 15) is 0 Å². The first kappa shape index (κ1) is 10.2. The van der Waals surface area contributed by atoms with E-state index in [-0.39, 0.29) is 12.9 Å². The zero-order valence-corrected chi connectivity index (χ0v) is 9.42. The molecule has 1 fully saturated rings. The lowest BCUT2D eigenvalue weighted by Crippen LogP contribution is -2.33. The predicted octanol–water partition coefficient (Wildman–Crippen LogP) is 1.73. The predicted molar refractivity (Wildman–Crippen MR) is 59.1 cm³/mol. The van der Waals surface area contributed by atoms with E-state index in [1.165, 1.54) is 0 Å². The van der Waals surface area contributed by atoms with Crippen molar-refractivity contribution in [3.8, 4) is 11.5 Å². The molecule has 0 aromatic heterocycles. The van der Waals surface area contributed by atoms with Crippen molar-refractivity contribution < 1.29 is 14.2 Å².